The molecule has 0 aliphatic heterocycles. The van der Waals surface area contributed by atoms with Gasteiger partial charge in [-0.2, -0.15) is 5.10 Å². The fourth-order valence-electron chi connectivity index (χ4n) is 1.39. The lowest BCUT2D eigenvalue weighted by molar-refractivity contribution is 1.21. The van der Waals surface area contributed by atoms with Crippen molar-refractivity contribution >= 4 is 23.1 Å². The molecule has 0 saturated heterocycles. The maximum atomic E-state index is 5.17. The van der Waals surface area contributed by atoms with Gasteiger partial charge in [-0.1, -0.05) is 24.3 Å². The third kappa shape index (κ3) is 2.14. The summed E-state index contributed by atoms with van der Waals surface area (Å²) in [5.41, 5.74) is 12.1. The molecule has 0 atom stereocenters. The molecule has 0 amide bonds. The van der Waals surface area contributed by atoms with E-state index in [-0.39, 0.29) is 5.96 Å². The highest BCUT2D eigenvalue weighted by atomic mass is 15.3. The molecule has 0 aliphatic rings. The van der Waals surface area contributed by atoms with E-state index in [0.29, 0.717) is 0 Å². The molecule has 0 fully saturated rings. The number of nitrogens with zero attached hydrogens (tertiary/aromatic N) is 3. The molecular formula is C11H11N5. The van der Waals surface area contributed by atoms with Crippen LogP contribution in [0.1, 0.15) is 5.56 Å². The summed E-state index contributed by atoms with van der Waals surface area (Å²) in [4.78, 5) is 4.28. The van der Waals surface area contributed by atoms with Crippen molar-refractivity contribution in [2.24, 2.45) is 21.7 Å². The average Bonchev–Trinajstić information content (AvgIpc) is 2.29. The molecule has 80 valence electrons. The summed E-state index contributed by atoms with van der Waals surface area (Å²) in [5, 5.41) is 8.36. The van der Waals surface area contributed by atoms with E-state index < -0.39 is 0 Å². The van der Waals surface area contributed by atoms with E-state index in [1.807, 2.05) is 30.3 Å². The third-order valence-electron chi connectivity index (χ3n) is 2.03. The molecular weight excluding hydrogens is 202 g/mol. The van der Waals surface area contributed by atoms with Crippen LogP contribution in [0.2, 0.25) is 0 Å². The maximum Gasteiger partial charge on any atom is 0.211 e. The number of guanidine groups is 1. The van der Waals surface area contributed by atoms with Crippen molar-refractivity contribution < 1.29 is 0 Å². The number of fused-ring (bicyclic) bond motifs is 1. The Morgan fingerprint density at radius 1 is 1.19 bits per heavy atom. The summed E-state index contributed by atoms with van der Waals surface area (Å²) in [7, 11) is 0. The highest BCUT2D eigenvalue weighted by molar-refractivity contribution is 5.97. The van der Waals surface area contributed by atoms with Crippen molar-refractivity contribution in [1.82, 2.24) is 4.98 Å². The van der Waals surface area contributed by atoms with Crippen molar-refractivity contribution in [3.05, 3.63) is 42.1 Å². The second-order valence-corrected chi connectivity index (χ2v) is 3.19. The lowest BCUT2D eigenvalue weighted by Crippen LogP contribution is -2.21. The molecule has 2 rings (SSSR count). The largest absolute Gasteiger partial charge is 0.369 e. The third-order valence-corrected chi connectivity index (χ3v) is 2.03. The van der Waals surface area contributed by atoms with E-state index >= 15 is 0 Å². The fourth-order valence-corrected chi connectivity index (χ4v) is 1.39. The van der Waals surface area contributed by atoms with Gasteiger partial charge in [0, 0.05) is 17.1 Å². The second kappa shape index (κ2) is 4.39. The van der Waals surface area contributed by atoms with Crippen LogP contribution < -0.4 is 11.5 Å². The molecule has 5 heteroatoms. The Balaban J connectivity index is 2.45. The Labute approximate surface area is 92.5 Å². The van der Waals surface area contributed by atoms with E-state index in [0.717, 1.165) is 16.5 Å². The van der Waals surface area contributed by atoms with Gasteiger partial charge < -0.3 is 11.5 Å². The monoisotopic (exact) mass is 213 g/mol. The average molecular weight is 213 g/mol. The van der Waals surface area contributed by atoms with Gasteiger partial charge in [-0.25, -0.2) is 0 Å². The molecule has 1 heterocycles. The van der Waals surface area contributed by atoms with Crippen LogP contribution in [0.25, 0.3) is 10.9 Å². The second-order valence-electron chi connectivity index (χ2n) is 3.19. The normalized spacial score (nSPS) is 10.8. The number of para-hydroxylation sites is 1. The first kappa shape index (κ1) is 10.1. The quantitative estimate of drug-likeness (QED) is 0.440. The lowest BCUT2D eigenvalue weighted by Gasteiger charge is -1.98. The van der Waals surface area contributed by atoms with Crippen LogP contribution >= 0.6 is 0 Å². The Bertz CT molecular complexity index is 550. The van der Waals surface area contributed by atoms with Crippen molar-refractivity contribution in [3.8, 4) is 0 Å². The van der Waals surface area contributed by atoms with E-state index in [4.69, 9.17) is 11.5 Å². The molecule has 16 heavy (non-hydrogen) atoms. The van der Waals surface area contributed by atoms with Gasteiger partial charge in [0.25, 0.3) is 0 Å². The van der Waals surface area contributed by atoms with Gasteiger partial charge in [-0.15, -0.1) is 5.10 Å². The van der Waals surface area contributed by atoms with Crippen LogP contribution in [0, 0.1) is 0 Å². The van der Waals surface area contributed by atoms with Crippen molar-refractivity contribution in [3.63, 3.8) is 0 Å². The zero-order valence-corrected chi connectivity index (χ0v) is 8.54. The molecule has 1 aromatic heterocycles. The van der Waals surface area contributed by atoms with Crippen molar-refractivity contribution in [1.29, 1.82) is 0 Å². The molecule has 0 unspecified atom stereocenters. The van der Waals surface area contributed by atoms with Crippen molar-refractivity contribution in [2.75, 3.05) is 0 Å². The van der Waals surface area contributed by atoms with Gasteiger partial charge >= 0.3 is 0 Å². The minimum absolute atomic E-state index is 0.0653. The molecule has 2 aromatic rings. The highest BCUT2D eigenvalue weighted by Crippen LogP contribution is 2.13. The maximum absolute atomic E-state index is 5.17. The number of nitrogens with two attached hydrogens (primary N) is 2. The molecule has 0 radical (unpaired) electrons. The van der Waals surface area contributed by atoms with E-state index in [1.165, 1.54) is 0 Å². The number of rotatable bonds is 2. The van der Waals surface area contributed by atoms with Gasteiger partial charge in [0.05, 0.1) is 11.7 Å². The minimum Gasteiger partial charge on any atom is -0.369 e. The van der Waals surface area contributed by atoms with E-state index in [1.54, 1.807) is 12.4 Å². The predicted molar refractivity (Wildman–Crippen MR) is 65.1 cm³/mol. The Kier molecular flexibility index (Phi) is 2.77. The molecule has 0 spiro atoms. The topological polar surface area (TPSA) is 89.7 Å². The number of pyridine rings is 1. The summed E-state index contributed by atoms with van der Waals surface area (Å²) < 4.78 is 0. The summed E-state index contributed by atoms with van der Waals surface area (Å²) in [6.07, 6.45) is 3.31. The molecule has 0 saturated carbocycles. The number of hydrogen-bond acceptors (Lipinski definition) is 3. The number of benzene rings is 1. The van der Waals surface area contributed by atoms with Crippen LogP contribution in [0.15, 0.2) is 46.7 Å². The van der Waals surface area contributed by atoms with Gasteiger partial charge in [0.15, 0.2) is 0 Å². The number of hydrogen-bond donors (Lipinski definition) is 2. The minimum atomic E-state index is -0.0653. The smallest absolute Gasteiger partial charge is 0.211 e. The zero-order chi connectivity index (χ0) is 11.4. The number of aromatic nitrogens is 1. The predicted octanol–water partition coefficient (Wildman–Crippen LogP) is 0.842. The summed E-state index contributed by atoms with van der Waals surface area (Å²) in [6, 6.07) is 9.70. The zero-order valence-electron chi connectivity index (χ0n) is 8.54. The van der Waals surface area contributed by atoms with Crippen molar-refractivity contribution in [2.45, 2.75) is 0 Å². The standard InChI is InChI=1S/C11H11N5/c12-11(13)16-15-7-9-4-1-3-8-5-2-6-14-10(8)9/h1-7H,(H4,12,13,16). The molecule has 5 nitrogen and oxygen atoms in total. The molecule has 4 N–H and O–H groups in total. The SMILES string of the molecule is NC(N)=NN=Cc1cccc2cccnc12. The Morgan fingerprint density at radius 3 is 2.81 bits per heavy atom. The first-order valence-electron chi connectivity index (χ1n) is 4.73. The molecule has 0 aliphatic carbocycles. The fraction of sp³-hybridized carbons (Fsp3) is 0. The van der Waals surface area contributed by atoms with Gasteiger partial charge in [0.2, 0.25) is 5.96 Å². The van der Waals surface area contributed by atoms with Crippen LogP contribution in [0.4, 0.5) is 0 Å². The van der Waals surface area contributed by atoms with Crippen LogP contribution in [-0.2, 0) is 0 Å². The van der Waals surface area contributed by atoms with Gasteiger partial charge in [-0.05, 0) is 6.07 Å². The van der Waals surface area contributed by atoms with Gasteiger partial charge in [-0.3, -0.25) is 4.98 Å². The Morgan fingerprint density at radius 2 is 2.00 bits per heavy atom. The molecule has 1 aromatic carbocycles. The van der Waals surface area contributed by atoms with E-state index in [2.05, 4.69) is 15.2 Å². The van der Waals surface area contributed by atoms with Crippen LogP contribution in [0.5, 0.6) is 0 Å². The first-order chi connectivity index (χ1) is 7.77. The Hall–Kier alpha value is -2.43. The van der Waals surface area contributed by atoms with Crippen LogP contribution in [-0.4, -0.2) is 17.2 Å². The van der Waals surface area contributed by atoms with Gasteiger partial charge in [0.1, 0.15) is 0 Å². The lowest BCUT2D eigenvalue weighted by atomic mass is 10.1. The van der Waals surface area contributed by atoms with Crippen LogP contribution in [0.3, 0.4) is 0 Å². The summed E-state index contributed by atoms with van der Waals surface area (Å²) in [5.74, 6) is -0.0653. The highest BCUT2D eigenvalue weighted by Gasteiger charge is 1.97. The molecule has 0 bridgehead atoms. The summed E-state index contributed by atoms with van der Waals surface area (Å²) >= 11 is 0. The first-order valence-corrected chi connectivity index (χ1v) is 4.73. The van der Waals surface area contributed by atoms with E-state index in [9.17, 15) is 0 Å². The summed E-state index contributed by atoms with van der Waals surface area (Å²) in [6.45, 7) is 0.